The lowest BCUT2D eigenvalue weighted by atomic mass is 9.73. The molecule has 0 unspecified atom stereocenters. The number of hydrogen-bond donors (Lipinski definition) is 1. The van der Waals surface area contributed by atoms with Gasteiger partial charge in [0.05, 0.1) is 29.6 Å². The molecule has 2 aliphatic heterocycles. The van der Waals surface area contributed by atoms with E-state index in [9.17, 15) is 9.59 Å². The second kappa shape index (κ2) is 12.3. The molecule has 0 radical (unpaired) electrons. The number of carbonyl (C=O) groups is 2. The largest absolute Gasteiger partial charge is 0.493 e. The molecule has 1 fully saturated rings. The summed E-state index contributed by atoms with van der Waals surface area (Å²) in [7, 11) is 0. The van der Waals surface area contributed by atoms with Crippen molar-refractivity contribution in [1.82, 2.24) is 15.2 Å². The van der Waals surface area contributed by atoms with Gasteiger partial charge in [-0.25, -0.2) is 4.98 Å². The Labute approximate surface area is 233 Å². The molecule has 0 atom stereocenters. The Morgan fingerprint density at radius 3 is 2.66 bits per heavy atom. The summed E-state index contributed by atoms with van der Waals surface area (Å²) in [6.45, 7) is 2.40. The molecular formula is C30H34ClN3O3S. The van der Waals surface area contributed by atoms with Crippen molar-refractivity contribution < 1.29 is 14.3 Å². The molecule has 0 aliphatic carbocycles. The smallest absolute Gasteiger partial charge is 0.227 e. The minimum absolute atomic E-state index is 0.0955. The van der Waals surface area contributed by atoms with Gasteiger partial charge in [0, 0.05) is 35.1 Å². The summed E-state index contributed by atoms with van der Waals surface area (Å²) in [6.07, 6.45) is 6.27. The zero-order chi connectivity index (χ0) is 26.4. The fraction of sp³-hybridized carbons (Fsp3) is 0.433. The van der Waals surface area contributed by atoms with E-state index in [0.717, 1.165) is 54.0 Å². The van der Waals surface area contributed by atoms with Crippen LogP contribution < -0.4 is 10.1 Å². The molecule has 200 valence electrons. The molecule has 3 aromatic rings. The minimum Gasteiger partial charge on any atom is -0.493 e. The van der Waals surface area contributed by atoms with Gasteiger partial charge in [-0.05, 0) is 62.3 Å². The number of hydrogen-bond acceptors (Lipinski definition) is 5. The van der Waals surface area contributed by atoms with Gasteiger partial charge in [-0.3, -0.25) is 9.59 Å². The predicted octanol–water partition coefficient (Wildman–Crippen LogP) is 5.93. The van der Waals surface area contributed by atoms with Crippen molar-refractivity contribution in [3.63, 3.8) is 0 Å². The van der Waals surface area contributed by atoms with Crippen molar-refractivity contribution in [1.29, 1.82) is 0 Å². The highest BCUT2D eigenvalue weighted by molar-refractivity contribution is 7.10. The molecule has 2 amide bonds. The molecule has 1 N–H and O–H groups in total. The topological polar surface area (TPSA) is 71.5 Å². The van der Waals surface area contributed by atoms with E-state index in [1.807, 2.05) is 41.3 Å². The molecule has 0 saturated carbocycles. The van der Waals surface area contributed by atoms with Crippen LogP contribution in [-0.4, -0.2) is 47.9 Å². The first-order chi connectivity index (χ1) is 18.5. The molecule has 5 rings (SSSR count). The number of aromatic nitrogens is 1. The minimum atomic E-state index is -0.413. The number of carbonyl (C=O) groups excluding carboxylic acids is 2. The van der Waals surface area contributed by atoms with Gasteiger partial charge in [0.15, 0.2) is 0 Å². The third kappa shape index (κ3) is 6.21. The van der Waals surface area contributed by atoms with Crippen LogP contribution in [-0.2, 0) is 22.4 Å². The number of piperidine rings is 1. The van der Waals surface area contributed by atoms with Crippen molar-refractivity contribution in [3.8, 4) is 17.0 Å². The molecule has 6 nitrogen and oxygen atoms in total. The lowest BCUT2D eigenvalue weighted by Crippen LogP contribution is -2.50. The van der Waals surface area contributed by atoms with Crippen LogP contribution in [0, 0.1) is 5.41 Å². The standard InChI is InChI=1S/C30H34ClN3O3S/c31-24-11-9-23(10-12-24)28-26(38-21-33-28)20-27(35)34-17-14-30(15-18-34)13-4-3-7-22-6-1-2-8-25(22)37-19-5-16-32-29(30)36/h1-2,6,8-12,21H,3-5,7,13-20H2,(H,32,36). The van der Waals surface area contributed by atoms with E-state index in [2.05, 4.69) is 22.4 Å². The summed E-state index contributed by atoms with van der Waals surface area (Å²) in [5.41, 5.74) is 4.42. The van der Waals surface area contributed by atoms with Crippen molar-refractivity contribution in [2.24, 2.45) is 5.41 Å². The number of rotatable bonds is 3. The molecule has 1 spiro atoms. The third-order valence-electron chi connectivity index (χ3n) is 7.81. The number of benzene rings is 2. The predicted molar refractivity (Wildman–Crippen MR) is 152 cm³/mol. The zero-order valence-electron chi connectivity index (χ0n) is 21.6. The van der Waals surface area contributed by atoms with Crippen LogP contribution in [0.1, 0.15) is 49.0 Å². The Balaban J connectivity index is 1.21. The normalized spacial score (nSPS) is 18.3. The fourth-order valence-corrected chi connectivity index (χ4v) is 6.44. The van der Waals surface area contributed by atoms with E-state index >= 15 is 0 Å². The summed E-state index contributed by atoms with van der Waals surface area (Å²) in [6, 6.07) is 15.8. The number of fused-ring (bicyclic) bond motifs is 1. The molecular weight excluding hydrogens is 518 g/mol. The first-order valence-electron chi connectivity index (χ1n) is 13.5. The molecule has 2 aromatic carbocycles. The van der Waals surface area contributed by atoms with Crippen molar-refractivity contribution in [3.05, 3.63) is 69.5 Å². The molecule has 0 bridgehead atoms. The number of para-hydroxylation sites is 1. The second-order valence-electron chi connectivity index (χ2n) is 10.2. The Morgan fingerprint density at radius 1 is 1.05 bits per heavy atom. The van der Waals surface area contributed by atoms with Crippen molar-refractivity contribution in [2.45, 2.75) is 51.4 Å². The van der Waals surface area contributed by atoms with E-state index in [1.54, 1.807) is 5.51 Å². The Kier molecular flexibility index (Phi) is 8.65. The van der Waals surface area contributed by atoms with E-state index in [1.165, 1.54) is 16.9 Å². The number of likely N-dealkylation sites (tertiary alicyclic amines) is 1. The number of ether oxygens (including phenoxy) is 1. The number of aryl methyl sites for hydroxylation is 1. The number of nitrogens with zero attached hydrogens (tertiary/aromatic N) is 2. The monoisotopic (exact) mass is 551 g/mol. The summed E-state index contributed by atoms with van der Waals surface area (Å²) in [5.74, 6) is 1.19. The Hall–Kier alpha value is -2.90. The molecule has 2 aliphatic rings. The summed E-state index contributed by atoms with van der Waals surface area (Å²) in [4.78, 5) is 34.1. The number of amides is 2. The van der Waals surface area contributed by atoms with E-state index in [4.69, 9.17) is 16.3 Å². The van der Waals surface area contributed by atoms with Gasteiger partial charge in [0.2, 0.25) is 11.8 Å². The van der Waals surface area contributed by atoms with Gasteiger partial charge in [-0.1, -0.05) is 48.4 Å². The van der Waals surface area contributed by atoms with Crippen LogP contribution in [0.5, 0.6) is 5.75 Å². The van der Waals surface area contributed by atoms with E-state index in [0.29, 0.717) is 50.5 Å². The summed E-state index contributed by atoms with van der Waals surface area (Å²) >= 11 is 7.54. The average Bonchev–Trinajstić information content (AvgIpc) is 3.40. The Morgan fingerprint density at radius 2 is 1.84 bits per heavy atom. The summed E-state index contributed by atoms with van der Waals surface area (Å²) in [5, 5.41) is 3.85. The van der Waals surface area contributed by atoms with Crippen LogP contribution in [0.25, 0.3) is 11.3 Å². The highest BCUT2D eigenvalue weighted by atomic mass is 35.5. The maximum Gasteiger partial charge on any atom is 0.227 e. The van der Waals surface area contributed by atoms with Gasteiger partial charge >= 0.3 is 0 Å². The maximum atomic E-state index is 13.4. The van der Waals surface area contributed by atoms with Gasteiger partial charge in [-0.2, -0.15) is 0 Å². The quantitative estimate of drug-likeness (QED) is 0.438. The van der Waals surface area contributed by atoms with Gasteiger partial charge in [-0.15, -0.1) is 11.3 Å². The highest BCUT2D eigenvalue weighted by Gasteiger charge is 2.41. The first kappa shape index (κ1) is 26.7. The maximum absolute atomic E-state index is 13.4. The molecule has 3 heterocycles. The number of nitrogens with one attached hydrogen (secondary N) is 1. The SMILES string of the molecule is O=C(Cc1scnc1-c1ccc(Cl)cc1)N1CCC2(CCCCc3ccccc3OCCCNC2=O)CC1. The van der Waals surface area contributed by atoms with Crippen LogP contribution >= 0.6 is 22.9 Å². The van der Waals surface area contributed by atoms with Crippen LogP contribution in [0.4, 0.5) is 0 Å². The lowest BCUT2D eigenvalue weighted by Gasteiger charge is -2.41. The van der Waals surface area contributed by atoms with E-state index in [-0.39, 0.29) is 11.8 Å². The third-order valence-corrected chi connectivity index (χ3v) is 8.90. The van der Waals surface area contributed by atoms with Gasteiger partial charge in [0.25, 0.3) is 0 Å². The van der Waals surface area contributed by atoms with Crippen molar-refractivity contribution >= 4 is 34.8 Å². The average molecular weight is 552 g/mol. The molecule has 1 saturated heterocycles. The fourth-order valence-electron chi connectivity index (χ4n) is 5.54. The molecule has 8 heteroatoms. The first-order valence-corrected chi connectivity index (χ1v) is 14.7. The number of halogens is 1. The summed E-state index contributed by atoms with van der Waals surface area (Å²) < 4.78 is 5.99. The van der Waals surface area contributed by atoms with Crippen LogP contribution in [0.15, 0.2) is 54.0 Å². The van der Waals surface area contributed by atoms with Crippen LogP contribution in [0.2, 0.25) is 5.02 Å². The molecule has 38 heavy (non-hydrogen) atoms. The van der Waals surface area contributed by atoms with Crippen LogP contribution in [0.3, 0.4) is 0 Å². The van der Waals surface area contributed by atoms with Crippen molar-refractivity contribution in [2.75, 3.05) is 26.2 Å². The molecule has 1 aromatic heterocycles. The number of thiazole rings is 1. The van der Waals surface area contributed by atoms with Gasteiger partial charge in [0.1, 0.15) is 5.75 Å². The zero-order valence-corrected chi connectivity index (χ0v) is 23.2. The van der Waals surface area contributed by atoms with Gasteiger partial charge < -0.3 is 15.0 Å². The highest BCUT2D eigenvalue weighted by Crippen LogP contribution is 2.38. The van der Waals surface area contributed by atoms with E-state index < -0.39 is 5.41 Å². The second-order valence-corrected chi connectivity index (χ2v) is 11.6. The Bertz CT molecular complexity index is 1250. The lowest BCUT2D eigenvalue weighted by molar-refractivity contribution is -0.140.